The van der Waals surface area contributed by atoms with E-state index in [1.54, 1.807) is 7.11 Å². The average molecular weight is 221 g/mol. The van der Waals surface area contributed by atoms with Crippen LogP contribution in [-0.4, -0.2) is 26.3 Å². The molecule has 1 heterocycles. The van der Waals surface area contributed by atoms with Crippen LogP contribution < -0.4 is 10.1 Å². The minimum atomic E-state index is 0.103. The minimum Gasteiger partial charge on any atom is -0.496 e. The second kappa shape index (κ2) is 4.85. The second-order valence-electron chi connectivity index (χ2n) is 4.38. The van der Waals surface area contributed by atoms with Gasteiger partial charge in [0, 0.05) is 18.2 Å². The zero-order valence-electron chi connectivity index (χ0n) is 10.1. The molecule has 0 aliphatic carbocycles. The van der Waals surface area contributed by atoms with E-state index in [2.05, 4.69) is 31.3 Å². The standard InChI is InChI=1S/C13H19NO2/c1-9-4-5-12(15-3)11(6-9)13-7-14-10(2)8-16-13/h4-6,10,13-14H,7-8H2,1-3H3. The first-order valence-electron chi connectivity index (χ1n) is 5.70. The molecule has 2 atom stereocenters. The number of ether oxygens (including phenoxy) is 2. The van der Waals surface area contributed by atoms with Crippen molar-refractivity contribution in [1.82, 2.24) is 5.32 Å². The number of nitrogens with one attached hydrogen (secondary N) is 1. The lowest BCUT2D eigenvalue weighted by Crippen LogP contribution is -2.40. The van der Waals surface area contributed by atoms with E-state index < -0.39 is 0 Å². The van der Waals surface area contributed by atoms with Crippen molar-refractivity contribution in [3.05, 3.63) is 29.3 Å². The Bertz CT molecular complexity index is 357. The van der Waals surface area contributed by atoms with Crippen LogP contribution in [0.1, 0.15) is 24.2 Å². The summed E-state index contributed by atoms with van der Waals surface area (Å²) < 4.78 is 11.2. The first-order valence-corrected chi connectivity index (χ1v) is 5.70. The van der Waals surface area contributed by atoms with Crippen molar-refractivity contribution in [2.45, 2.75) is 26.0 Å². The van der Waals surface area contributed by atoms with Gasteiger partial charge in [0.2, 0.25) is 0 Å². The van der Waals surface area contributed by atoms with Gasteiger partial charge in [-0.15, -0.1) is 0 Å². The van der Waals surface area contributed by atoms with Crippen molar-refractivity contribution in [2.24, 2.45) is 0 Å². The van der Waals surface area contributed by atoms with Gasteiger partial charge in [-0.2, -0.15) is 0 Å². The van der Waals surface area contributed by atoms with Gasteiger partial charge in [0.1, 0.15) is 5.75 Å². The van der Waals surface area contributed by atoms with Gasteiger partial charge >= 0.3 is 0 Å². The van der Waals surface area contributed by atoms with Gasteiger partial charge < -0.3 is 14.8 Å². The predicted molar refractivity (Wildman–Crippen MR) is 63.9 cm³/mol. The molecule has 2 unspecified atom stereocenters. The Kier molecular flexibility index (Phi) is 3.46. The van der Waals surface area contributed by atoms with Crippen LogP contribution in [0.5, 0.6) is 5.75 Å². The van der Waals surface area contributed by atoms with E-state index >= 15 is 0 Å². The highest BCUT2D eigenvalue weighted by Crippen LogP contribution is 2.29. The molecule has 0 aromatic heterocycles. The van der Waals surface area contributed by atoms with Gasteiger partial charge in [-0.3, -0.25) is 0 Å². The smallest absolute Gasteiger partial charge is 0.124 e. The number of rotatable bonds is 2. The maximum atomic E-state index is 5.83. The third-order valence-electron chi connectivity index (χ3n) is 2.93. The van der Waals surface area contributed by atoms with Crippen LogP contribution in [0.3, 0.4) is 0 Å². The van der Waals surface area contributed by atoms with Crippen molar-refractivity contribution >= 4 is 0 Å². The van der Waals surface area contributed by atoms with Crippen molar-refractivity contribution in [1.29, 1.82) is 0 Å². The van der Waals surface area contributed by atoms with Crippen LogP contribution in [-0.2, 0) is 4.74 Å². The van der Waals surface area contributed by atoms with E-state index in [1.165, 1.54) is 5.56 Å². The summed E-state index contributed by atoms with van der Waals surface area (Å²) in [5.74, 6) is 0.909. The summed E-state index contributed by atoms with van der Waals surface area (Å²) >= 11 is 0. The summed E-state index contributed by atoms with van der Waals surface area (Å²) in [6, 6.07) is 6.64. The molecule has 1 fully saturated rings. The molecule has 3 nitrogen and oxygen atoms in total. The molecule has 88 valence electrons. The summed E-state index contributed by atoms with van der Waals surface area (Å²) in [6.45, 7) is 5.81. The number of methoxy groups -OCH3 is 1. The van der Waals surface area contributed by atoms with Crippen LogP contribution in [0, 0.1) is 6.92 Å². The lowest BCUT2D eigenvalue weighted by atomic mass is 10.0. The fraction of sp³-hybridized carbons (Fsp3) is 0.538. The number of benzene rings is 1. The van der Waals surface area contributed by atoms with E-state index in [9.17, 15) is 0 Å². The van der Waals surface area contributed by atoms with Gasteiger partial charge in [0.05, 0.1) is 19.8 Å². The molecule has 1 saturated heterocycles. The Hall–Kier alpha value is -1.06. The molecule has 3 heteroatoms. The van der Waals surface area contributed by atoms with Crippen LogP contribution in [0.25, 0.3) is 0 Å². The number of aryl methyl sites for hydroxylation is 1. The highest BCUT2D eigenvalue weighted by atomic mass is 16.5. The predicted octanol–water partition coefficient (Wildman–Crippen LogP) is 2.05. The number of hydrogen-bond acceptors (Lipinski definition) is 3. The Morgan fingerprint density at radius 2 is 2.25 bits per heavy atom. The maximum absolute atomic E-state index is 5.83. The highest BCUT2D eigenvalue weighted by Gasteiger charge is 2.22. The van der Waals surface area contributed by atoms with Gasteiger partial charge in [-0.25, -0.2) is 0 Å². The van der Waals surface area contributed by atoms with Gasteiger partial charge in [0.25, 0.3) is 0 Å². The Morgan fingerprint density at radius 3 is 2.88 bits per heavy atom. The van der Waals surface area contributed by atoms with Gasteiger partial charge in [-0.1, -0.05) is 11.6 Å². The summed E-state index contributed by atoms with van der Waals surface area (Å²) in [7, 11) is 1.70. The Morgan fingerprint density at radius 1 is 1.44 bits per heavy atom. The lowest BCUT2D eigenvalue weighted by molar-refractivity contribution is 0.00570. The number of morpholine rings is 1. The van der Waals surface area contributed by atoms with Gasteiger partial charge in [-0.05, 0) is 26.0 Å². The molecular weight excluding hydrogens is 202 g/mol. The Balaban J connectivity index is 2.21. The first kappa shape index (κ1) is 11.4. The molecule has 0 amide bonds. The summed E-state index contributed by atoms with van der Waals surface area (Å²) in [6.07, 6.45) is 0.103. The molecule has 1 aromatic rings. The first-order chi connectivity index (χ1) is 7.70. The fourth-order valence-electron chi connectivity index (χ4n) is 1.99. The summed E-state index contributed by atoms with van der Waals surface area (Å²) in [5.41, 5.74) is 2.37. The second-order valence-corrected chi connectivity index (χ2v) is 4.38. The van der Waals surface area contributed by atoms with Crippen LogP contribution in [0.4, 0.5) is 0 Å². The normalized spacial score (nSPS) is 25.4. The van der Waals surface area contributed by atoms with Crippen molar-refractivity contribution in [2.75, 3.05) is 20.3 Å². The monoisotopic (exact) mass is 221 g/mol. The molecule has 0 bridgehead atoms. The zero-order valence-corrected chi connectivity index (χ0v) is 10.1. The molecule has 16 heavy (non-hydrogen) atoms. The molecule has 2 rings (SSSR count). The van der Waals surface area contributed by atoms with E-state index in [0.717, 1.165) is 24.5 Å². The number of hydrogen-bond donors (Lipinski definition) is 1. The third-order valence-corrected chi connectivity index (χ3v) is 2.93. The lowest BCUT2D eigenvalue weighted by Gasteiger charge is -2.29. The van der Waals surface area contributed by atoms with Gasteiger partial charge in [0.15, 0.2) is 0 Å². The fourth-order valence-corrected chi connectivity index (χ4v) is 1.99. The summed E-state index contributed by atoms with van der Waals surface area (Å²) in [5, 5.41) is 3.42. The van der Waals surface area contributed by atoms with Crippen molar-refractivity contribution in [3.63, 3.8) is 0 Å². The molecule has 0 saturated carbocycles. The molecule has 1 N–H and O–H groups in total. The molecule has 1 aliphatic heterocycles. The topological polar surface area (TPSA) is 30.5 Å². The molecular formula is C13H19NO2. The SMILES string of the molecule is COc1ccc(C)cc1C1CNC(C)CO1. The van der Waals surface area contributed by atoms with E-state index in [4.69, 9.17) is 9.47 Å². The quantitative estimate of drug-likeness (QED) is 0.829. The van der Waals surface area contributed by atoms with Crippen molar-refractivity contribution < 1.29 is 9.47 Å². The zero-order chi connectivity index (χ0) is 11.5. The van der Waals surface area contributed by atoms with Crippen LogP contribution >= 0.6 is 0 Å². The molecule has 1 aliphatic rings. The molecule has 0 spiro atoms. The van der Waals surface area contributed by atoms with Crippen LogP contribution in [0.15, 0.2) is 18.2 Å². The highest BCUT2D eigenvalue weighted by molar-refractivity contribution is 5.38. The van der Waals surface area contributed by atoms with Crippen molar-refractivity contribution in [3.8, 4) is 5.75 Å². The van der Waals surface area contributed by atoms with E-state index in [1.807, 2.05) is 6.07 Å². The largest absolute Gasteiger partial charge is 0.496 e. The minimum absolute atomic E-state index is 0.103. The Labute approximate surface area is 96.8 Å². The molecule has 1 aromatic carbocycles. The third kappa shape index (κ3) is 2.36. The van der Waals surface area contributed by atoms with E-state index in [0.29, 0.717) is 6.04 Å². The maximum Gasteiger partial charge on any atom is 0.124 e. The van der Waals surface area contributed by atoms with Crippen LogP contribution in [0.2, 0.25) is 0 Å². The average Bonchev–Trinajstić information content (AvgIpc) is 2.30. The summed E-state index contributed by atoms with van der Waals surface area (Å²) in [4.78, 5) is 0. The molecule has 0 radical (unpaired) electrons. The van der Waals surface area contributed by atoms with E-state index in [-0.39, 0.29) is 6.10 Å².